The van der Waals surface area contributed by atoms with Crippen molar-refractivity contribution >= 4 is 29.0 Å². The average Bonchev–Trinajstić information content (AvgIpc) is 3.08. The number of carbonyl (C=O) groups excluding carboxylic acids is 1. The fourth-order valence-corrected chi connectivity index (χ4v) is 4.29. The van der Waals surface area contributed by atoms with E-state index >= 15 is 0 Å². The Kier molecular flexibility index (Phi) is 5.09. The number of fused-ring (bicyclic) bond motifs is 1. The first-order chi connectivity index (χ1) is 10.7. The van der Waals surface area contributed by atoms with Crippen LogP contribution in [0.1, 0.15) is 31.3 Å². The highest BCUT2D eigenvalue weighted by Crippen LogP contribution is 2.22. The smallest absolute Gasteiger partial charge is 0.226 e. The van der Waals surface area contributed by atoms with E-state index in [1.165, 1.54) is 0 Å². The monoisotopic (exact) mass is 337 g/mol. The van der Waals surface area contributed by atoms with Crippen LogP contribution in [0.15, 0.2) is 16.0 Å². The molecule has 0 aliphatic carbocycles. The summed E-state index contributed by atoms with van der Waals surface area (Å²) in [6, 6.07) is 0.206. The predicted molar refractivity (Wildman–Crippen MR) is 87.1 cm³/mol. The zero-order valence-electron chi connectivity index (χ0n) is 12.5. The first-order valence-electron chi connectivity index (χ1n) is 7.48. The first kappa shape index (κ1) is 15.5. The highest BCUT2D eigenvalue weighted by atomic mass is 32.2. The quantitative estimate of drug-likeness (QED) is 0.844. The van der Waals surface area contributed by atoms with E-state index in [9.17, 15) is 4.79 Å². The summed E-state index contributed by atoms with van der Waals surface area (Å²) in [5.41, 5.74) is 0.865. The second-order valence-electron chi connectivity index (χ2n) is 5.25. The van der Waals surface area contributed by atoms with Crippen LogP contribution < -0.4 is 5.32 Å². The molecule has 1 amide bonds. The van der Waals surface area contributed by atoms with Crippen LogP contribution in [0.2, 0.25) is 0 Å². The molecule has 1 aliphatic rings. The summed E-state index contributed by atoms with van der Waals surface area (Å²) in [4.78, 5) is 16.7. The second kappa shape index (κ2) is 7.23. The number of thioether (sulfide) groups is 1. The molecule has 1 aliphatic heterocycles. The molecule has 2 aromatic heterocycles. The lowest BCUT2D eigenvalue weighted by Gasteiger charge is -2.15. The van der Waals surface area contributed by atoms with Crippen molar-refractivity contribution in [2.75, 3.05) is 5.75 Å². The number of aromatic nitrogens is 4. The fraction of sp³-hybridized carbons (Fsp3) is 0.571. The van der Waals surface area contributed by atoms with E-state index in [2.05, 4.69) is 32.0 Å². The van der Waals surface area contributed by atoms with Crippen LogP contribution in [0.5, 0.6) is 0 Å². The van der Waals surface area contributed by atoms with Gasteiger partial charge in [-0.15, -0.1) is 21.5 Å². The average molecular weight is 337 g/mol. The Morgan fingerprint density at radius 2 is 2.45 bits per heavy atom. The van der Waals surface area contributed by atoms with Crippen LogP contribution in [0.25, 0.3) is 0 Å². The summed E-state index contributed by atoms with van der Waals surface area (Å²) >= 11 is 3.33. The van der Waals surface area contributed by atoms with Crippen molar-refractivity contribution in [2.45, 2.75) is 49.5 Å². The molecule has 3 heterocycles. The Balaban J connectivity index is 1.50. The molecule has 3 rings (SSSR count). The predicted octanol–water partition coefficient (Wildman–Crippen LogP) is 1.91. The molecule has 118 valence electrons. The Morgan fingerprint density at radius 3 is 3.32 bits per heavy atom. The lowest BCUT2D eigenvalue weighted by Crippen LogP contribution is -2.36. The van der Waals surface area contributed by atoms with E-state index in [1.54, 1.807) is 29.4 Å². The number of nitrogens with zero attached hydrogens (tertiary/aromatic N) is 4. The third kappa shape index (κ3) is 3.86. The molecule has 0 saturated carbocycles. The Morgan fingerprint density at radius 1 is 1.55 bits per heavy atom. The van der Waals surface area contributed by atoms with Crippen molar-refractivity contribution in [3.63, 3.8) is 0 Å². The van der Waals surface area contributed by atoms with E-state index in [0.717, 1.165) is 47.4 Å². The van der Waals surface area contributed by atoms with E-state index in [-0.39, 0.29) is 11.9 Å². The molecule has 1 atom stereocenters. The molecular weight excluding hydrogens is 318 g/mol. The van der Waals surface area contributed by atoms with Gasteiger partial charge >= 0.3 is 0 Å². The van der Waals surface area contributed by atoms with Crippen molar-refractivity contribution in [3.8, 4) is 0 Å². The van der Waals surface area contributed by atoms with Gasteiger partial charge in [-0.25, -0.2) is 4.98 Å². The summed E-state index contributed by atoms with van der Waals surface area (Å²) < 4.78 is 3.11. The minimum Gasteiger partial charge on any atom is -0.353 e. The van der Waals surface area contributed by atoms with Crippen molar-refractivity contribution in [3.05, 3.63) is 23.2 Å². The van der Waals surface area contributed by atoms with E-state index in [1.807, 2.05) is 5.38 Å². The van der Waals surface area contributed by atoms with Crippen LogP contribution >= 0.6 is 23.1 Å². The van der Waals surface area contributed by atoms with Gasteiger partial charge in [0.1, 0.15) is 16.5 Å². The molecule has 0 fully saturated rings. The maximum Gasteiger partial charge on any atom is 0.226 e. The molecule has 0 aromatic carbocycles. The lowest BCUT2D eigenvalue weighted by molar-refractivity contribution is -0.121. The van der Waals surface area contributed by atoms with Crippen LogP contribution in [0.3, 0.4) is 0 Å². The summed E-state index contributed by atoms with van der Waals surface area (Å²) in [5.74, 6) is 2.07. The molecule has 0 bridgehead atoms. The highest BCUT2D eigenvalue weighted by molar-refractivity contribution is 8.00. The van der Waals surface area contributed by atoms with Crippen LogP contribution in [-0.4, -0.2) is 37.5 Å². The minimum absolute atomic E-state index is 0.0565. The number of nitrogens with one attached hydrogen (secondary N) is 1. The largest absolute Gasteiger partial charge is 0.353 e. The molecule has 1 unspecified atom stereocenters. The van der Waals surface area contributed by atoms with Crippen molar-refractivity contribution in [1.82, 2.24) is 25.1 Å². The number of rotatable bonds is 5. The normalized spacial score (nSPS) is 17.8. The van der Waals surface area contributed by atoms with Gasteiger partial charge in [-0.2, -0.15) is 0 Å². The molecule has 2 aromatic rings. The van der Waals surface area contributed by atoms with Crippen molar-refractivity contribution < 1.29 is 4.79 Å². The zero-order valence-corrected chi connectivity index (χ0v) is 14.1. The van der Waals surface area contributed by atoms with Gasteiger partial charge in [0.15, 0.2) is 0 Å². The van der Waals surface area contributed by atoms with Crippen LogP contribution in [0.4, 0.5) is 0 Å². The number of amides is 1. The summed E-state index contributed by atoms with van der Waals surface area (Å²) in [6.07, 6.45) is 4.83. The van der Waals surface area contributed by atoms with Gasteiger partial charge < -0.3 is 9.88 Å². The number of thiazole rings is 1. The lowest BCUT2D eigenvalue weighted by atomic mass is 10.1. The number of carbonyl (C=O) groups is 1. The SMILES string of the molecule is CCSc1nc(CC(=O)NC2CCc3nncn3CC2)cs1. The number of hydrogen-bond acceptors (Lipinski definition) is 6. The molecule has 0 spiro atoms. The molecule has 0 saturated heterocycles. The molecule has 22 heavy (non-hydrogen) atoms. The Labute approximate surface area is 137 Å². The molecule has 1 N–H and O–H groups in total. The van der Waals surface area contributed by atoms with Crippen LogP contribution in [-0.2, 0) is 24.2 Å². The van der Waals surface area contributed by atoms with Gasteiger partial charge in [-0.05, 0) is 18.6 Å². The van der Waals surface area contributed by atoms with E-state index in [4.69, 9.17) is 0 Å². The third-order valence-electron chi connectivity index (χ3n) is 3.64. The van der Waals surface area contributed by atoms with Crippen molar-refractivity contribution in [2.24, 2.45) is 0 Å². The van der Waals surface area contributed by atoms with Gasteiger partial charge in [0.25, 0.3) is 0 Å². The Hall–Kier alpha value is -1.41. The summed E-state index contributed by atoms with van der Waals surface area (Å²) in [7, 11) is 0. The number of hydrogen-bond donors (Lipinski definition) is 1. The van der Waals surface area contributed by atoms with Crippen molar-refractivity contribution in [1.29, 1.82) is 0 Å². The molecule has 8 heteroatoms. The van der Waals surface area contributed by atoms with E-state index in [0.29, 0.717) is 6.42 Å². The minimum atomic E-state index is 0.0565. The first-order valence-corrected chi connectivity index (χ1v) is 9.34. The van der Waals surface area contributed by atoms with Gasteiger partial charge in [0, 0.05) is 24.4 Å². The third-order valence-corrected chi connectivity index (χ3v) is 5.59. The summed E-state index contributed by atoms with van der Waals surface area (Å²) in [6.45, 7) is 2.96. The zero-order chi connectivity index (χ0) is 15.4. The molecule has 6 nitrogen and oxygen atoms in total. The van der Waals surface area contributed by atoms with Gasteiger partial charge in [-0.1, -0.05) is 18.7 Å². The summed E-state index contributed by atoms with van der Waals surface area (Å²) in [5, 5.41) is 13.1. The maximum atomic E-state index is 12.2. The maximum absolute atomic E-state index is 12.2. The van der Waals surface area contributed by atoms with Gasteiger partial charge in [-0.3, -0.25) is 4.79 Å². The highest BCUT2D eigenvalue weighted by Gasteiger charge is 2.19. The molecule has 0 radical (unpaired) electrons. The standard InChI is InChI=1S/C14H19N5OS2/c1-2-21-14-17-11(8-22-14)7-13(20)16-10-3-4-12-18-15-9-19(12)6-5-10/h8-10H,2-7H2,1H3,(H,16,20). The second-order valence-corrected chi connectivity index (χ2v) is 7.62. The molecular formula is C14H19N5OS2. The number of aryl methyl sites for hydroxylation is 2. The van der Waals surface area contributed by atoms with Crippen LogP contribution in [0, 0.1) is 0 Å². The Bertz CT molecular complexity index is 616. The van der Waals surface area contributed by atoms with Gasteiger partial charge in [0.2, 0.25) is 5.91 Å². The fourth-order valence-electron chi connectivity index (χ4n) is 2.55. The topological polar surface area (TPSA) is 72.7 Å². The van der Waals surface area contributed by atoms with Gasteiger partial charge in [0.05, 0.1) is 12.1 Å². The van der Waals surface area contributed by atoms with E-state index < -0.39 is 0 Å².